The Labute approximate surface area is 213 Å². The SMILES string of the molecule is O=C1/C(=C/c2ccccc2Cl)SC(c2ccccc2Cl)N1c1nnc(-c2ccc(Cl)cc2)s1. The fourth-order valence-corrected chi connectivity index (χ4v) is 6.20. The van der Waals surface area contributed by atoms with Gasteiger partial charge in [0.2, 0.25) is 5.13 Å². The van der Waals surface area contributed by atoms with E-state index in [2.05, 4.69) is 10.2 Å². The highest BCUT2D eigenvalue weighted by Gasteiger charge is 2.41. The number of carbonyl (C=O) groups excluding carboxylic acids is 1. The normalized spacial score (nSPS) is 17.2. The van der Waals surface area contributed by atoms with Crippen LogP contribution in [0.5, 0.6) is 0 Å². The van der Waals surface area contributed by atoms with Crippen LogP contribution in [0.3, 0.4) is 0 Å². The lowest BCUT2D eigenvalue weighted by Gasteiger charge is -2.21. The molecule has 1 fully saturated rings. The average molecular weight is 531 g/mol. The van der Waals surface area contributed by atoms with Crippen LogP contribution in [0.25, 0.3) is 16.6 Å². The molecule has 3 aromatic carbocycles. The molecule has 1 aromatic heterocycles. The van der Waals surface area contributed by atoms with Crippen LogP contribution in [-0.2, 0) is 4.79 Å². The number of benzene rings is 3. The standard InChI is InChI=1S/C24H14Cl3N3OS2/c25-16-11-9-14(10-12-16)21-28-29-24(33-21)30-22(31)20(13-15-5-1-3-7-18(15)26)32-23(30)17-6-2-4-8-19(17)27/h1-13,23H/b20-13-. The third-order valence-electron chi connectivity index (χ3n) is 4.98. The van der Waals surface area contributed by atoms with E-state index >= 15 is 0 Å². The average Bonchev–Trinajstić information content (AvgIpc) is 3.41. The first-order valence-electron chi connectivity index (χ1n) is 9.81. The first-order chi connectivity index (χ1) is 16.0. The summed E-state index contributed by atoms with van der Waals surface area (Å²) in [6.07, 6.45) is 1.81. The van der Waals surface area contributed by atoms with E-state index in [4.69, 9.17) is 34.8 Å². The molecule has 9 heteroatoms. The van der Waals surface area contributed by atoms with Crippen molar-refractivity contribution in [3.8, 4) is 10.6 Å². The molecule has 1 amide bonds. The van der Waals surface area contributed by atoms with E-state index in [1.807, 2.05) is 54.6 Å². The van der Waals surface area contributed by atoms with Crippen LogP contribution in [0.2, 0.25) is 15.1 Å². The number of rotatable bonds is 4. The van der Waals surface area contributed by atoms with Gasteiger partial charge in [-0.1, -0.05) is 106 Å². The highest BCUT2D eigenvalue weighted by molar-refractivity contribution is 8.05. The molecule has 33 heavy (non-hydrogen) atoms. The third kappa shape index (κ3) is 4.54. The van der Waals surface area contributed by atoms with Gasteiger partial charge in [-0.05, 0) is 35.9 Å². The Kier molecular flexibility index (Phi) is 6.45. The summed E-state index contributed by atoms with van der Waals surface area (Å²) in [5, 5.41) is 11.3. The Morgan fingerprint density at radius 3 is 2.27 bits per heavy atom. The van der Waals surface area contributed by atoms with E-state index in [-0.39, 0.29) is 11.3 Å². The van der Waals surface area contributed by atoms with E-state index < -0.39 is 0 Å². The van der Waals surface area contributed by atoms with Crippen LogP contribution in [0, 0.1) is 0 Å². The van der Waals surface area contributed by atoms with Crippen LogP contribution < -0.4 is 4.90 Å². The maximum Gasteiger partial charge on any atom is 0.267 e. The van der Waals surface area contributed by atoms with Gasteiger partial charge in [-0.15, -0.1) is 10.2 Å². The molecular formula is C24H14Cl3N3OS2. The van der Waals surface area contributed by atoms with Crippen molar-refractivity contribution in [1.82, 2.24) is 10.2 Å². The van der Waals surface area contributed by atoms with Crippen molar-refractivity contribution in [1.29, 1.82) is 0 Å². The molecule has 164 valence electrons. The van der Waals surface area contributed by atoms with Crippen molar-refractivity contribution in [2.75, 3.05) is 4.90 Å². The fourth-order valence-electron chi connectivity index (χ4n) is 3.36. The summed E-state index contributed by atoms with van der Waals surface area (Å²) in [6.45, 7) is 0. The lowest BCUT2D eigenvalue weighted by atomic mass is 10.2. The first-order valence-corrected chi connectivity index (χ1v) is 12.6. The number of halogens is 3. The highest BCUT2D eigenvalue weighted by atomic mass is 35.5. The number of anilines is 1. The molecule has 0 radical (unpaired) electrons. The largest absolute Gasteiger partial charge is 0.268 e. The fraction of sp³-hybridized carbons (Fsp3) is 0.0417. The summed E-state index contributed by atoms with van der Waals surface area (Å²) in [7, 11) is 0. The Bertz CT molecular complexity index is 1370. The van der Waals surface area contributed by atoms with Gasteiger partial charge in [0.25, 0.3) is 5.91 Å². The van der Waals surface area contributed by atoms with Gasteiger partial charge in [-0.3, -0.25) is 9.69 Å². The molecule has 0 saturated carbocycles. The Hall–Kier alpha value is -2.35. The van der Waals surface area contributed by atoms with E-state index in [1.54, 1.807) is 29.2 Å². The summed E-state index contributed by atoms with van der Waals surface area (Å²) in [5.74, 6) is -0.177. The molecule has 1 aliphatic heterocycles. The zero-order valence-electron chi connectivity index (χ0n) is 16.8. The second-order valence-corrected chi connectivity index (χ2v) is 10.4. The third-order valence-corrected chi connectivity index (χ3v) is 8.12. The predicted molar refractivity (Wildman–Crippen MR) is 139 cm³/mol. The molecule has 0 spiro atoms. The summed E-state index contributed by atoms with van der Waals surface area (Å²) in [6, 6.07) is 22.3. The maximum atomic E-state index is 13.6. The van der Waals surface area contributed by atoms with Crippen LogP contribution >= 0.6 is 57.9 Å². The Morgan fingerprint density at radius 1 is 0.848 bits per heavy atom. The van der Waals surface area contributed by atoms with E-state index in [9.17, 15) is 4.79 Å². The molecule has 5 rings (SSSR count). The van der Waals surface area contributed by atoms with Gasteiger partial charge in [0, 0.05) is 26.2 Å². The topological polar surface area (TPSA) is 46.1 Å². The summed E-state index contributed by atoms with van der Waals surface area (Å²) in [4.78, 5) is 15.8. The van der Waals surface area contributed by atoms with Gasteiger partial charge in [0.05, 0.1) is 4.91 Å². The van der Waals surface area contributed by atoms with E-state index in [0.29, 0.717) is 30.1 Å². The maximum absolute atomic E-state index is 13.6. The summed E-state index contributed by atoms with van der Waals surface area (Å²) in [5.41, 5.74) is 2.47. The second kappa shape index (κ2) is 9.49. The number of aromatic nitrogens is 2. The van der Waals surface area contributed by atoms with Gasteiger partial charge in [0.15, 0.2) is 0 Å². The minimum absolute atomic E-state index is 0.177. The molecular weight excluding hydrogens is 517 g/mol. The monoisotopic (exact) mass is 529 g/mol. The predicted octanol–water partition coefficient (Wildman–Crippen LogP) is 7.99. The van der Waals surface area contributed by atoms with Crippen molar-refractivity contribution in [2.24, 2.45) is 0 Å². The minimum Gasteiger partial charge on any atom is -0.268 e. The van der Waals surface area contributed by atoms with Crippen LogP contribution in [0.1, 0.15) is 16.5 Å². The molecule has 4 nitrogen and oxygen atoms in total. The Balaban J connectivity index is 1.57. The second-order valence-electron chi connectivity index (χ2n) is 7.09. The molecule has 4 aromatic rings. The quantitative estimate of drug-likeness (QED) is 0.251. The van der Waals surface area contributed by atoms with Gasteiger partial charge < -0.3 is 0 Å². The van der Waals surface area contributed by atoms with Crippen molar-refractivity contribution in [2.45, 2.75) is 5.37 Å². The van der Waals surface area contributed by atoms with Crippen LogP contribution in [0.4, 0.5) is 5.13 Å². The number of thioether (sulfide) groups is 1. The minimum atomic E-state index is -0.383. The number of amides is 1. The number of hydrogen-bond donors (Lipinski definition) is 0. The molecule has 2 heterocycles. The lowest BCUT2D eigenvalue weighted by Crippen LogP contribution is -2.27. The molecule has 1 aliphatic rings. The molecule has 0 aliphatic carbocycles. The van der Waals surface area contributed by atoms with Gasteiger partial charge in [-0.2, -0.15) is 0 Å². The smallest absolute Gasteiger partial charge is 0.267 e. The van der Waals surface area contributed by atoms with Crippen molar-refractivity contribution in [3.63, 3.8) is 0 Å². The van der Waals surface area contributed by atoms with Gasteiger partial charge in [0.1, 0.15) is 10.4 Å². The molecule has 1 saturated heterocycles. The zero-order valence-corrected chi connectivity index (χ0v) is 20.7. The van der Waals surface area contributed by atoms with Gasteiger partial charge >= 0.3 is 0 Å². The van der Waals surface area contributed by atoms with Crippen molar-refractivity contribution >= 4 is 75.0 Å². The summed E-state index contributed by atoms with van der Waals surface area (Å²) >= 11 is 21.6. The molecule has 0 N–H and O–H groups in total. The number of carbonyl (C=O) groups is 1. The lowest BCUT2D eigenvalue weighted by molar-refractivity contribution is -0.114. The molecule has 0 bridgehead atoms. The van der Waals surface area contributed by atoms with Crippen molar-refractivity contribution < 1.29 is 4.79 Å². The van der Waals surface area contributed by atoms with E-state index in [1.165, 1.54) is 23.1 Å². The number of hydrogen-bond acceptors (Lipinski definition) is 5. The number of nitrogens with zero attached hydrogens (tertiary/aromatic N) is 3. The van der Waals surface area contributed by atoms with E-state index in [0.717, 1.165) is 16.7 Å². The van der Waals surface area contributed by atoms with Crippen LogP contribution in [-0.4, -0.2) is 16.1 Å². The molecule has 1 atom stereocenters. The zero-order chi connectivity index (χ0) is 22.9. The molecule has 1 unspecified atom stereocenters. The highest BCUT2D eigenvalue weighted by Crippen LogP contribution is 2.51. The van der Waals surface area contributed by atoms with Crippen molar-refractivity contribution in [3.05, 3.63) is 104 Å². The Morgan fingerprint density at radius 2 is 1.55 bits per heavy atom. The summed E-state index contributed by atoms with van der Waals surface area (Å²) < 4.78 is 0. The van der Waals surface area contributed by atoms with Crippen LogP contribution in [0.15, 0.2) is 77.7 Å². The first kappa shape index (κ1) is 22.4. The van der Waals surface area contributed by atoms with Gasteiger partial charge in [-0.25, -0.2) is 0 Å².